The first-order chi connectivity index (χ1) is 6.97. The molecule has 0 spiro atoms. The van der Waals surface area contributed by atoms with Crippen molar-refractivity contribution in [1.82, 2.24) is 10.1 Å². The Balaban J connectivity index is 2.36. The van der Waals surface area contributed by atoms with Crippen LogP contribution in [0, 0.1) is 6.92 Å². The minimum absolute atomic E-state index is 0.0377. The Kier molecular flexibility index (Phi) is 2.14. The average Bonchev–Trinajstić information content (AvgIpc) is 2.69. The van der Waals surface area contributed by atoms with Crippen molar-refractivity contribution in [3.8, 4) is 11.4 Å². The first kappa shape index (κ1) is 9.96. The zero-order chi connectivity index (χ0) is 11.1. The number of aryl methyl sites for hydroxylation is 1. The summed E-state index contributed by atoms with van der Waals surface area (Å²) in [5, 5.41) is 3.97. The van der Waals surface area contributed by atoms with E-state index in [9.17, 15) is 0 Å². The van der Waals surface area contributed by atoms with E-state index in [0.717, 1.165) is 11.5 Å². The molecular formula is C11H14N2O2. The number of hydrogen-bond acceptors (Lipinski definition) is 4. The molecule has 0 N–H and O–H groups in total. The molecule has 0 aliphatic rings. The van der Waals surface area contributed by atoms with E-state index in [1.54, 1.807) is 13.2 Å². The van der Waals surface area contributed by atoms with Crippen LogP contribution >= 0.6 is 0 Å². The second-order valence-electron chi connectivity index (χ2n) is 4.58. The van der Waals surface area contributed by atoms with Gasteiger partial charge in [-0.15, -0.1) is 0 Å². The highest BCUT2D eigenvalue weighted by atomic mass is 16.5. The summed E-state index contributed by atoms with van der Waals surface area (Å²) in [6, 6.07) is 1.90. The highest BCUT2D eigenvalue weighted by Gasteiger charge is 2.20. The van der Waals surface area contributed by atoms with Crippen LogP contribution in [0.25, 0.3) is 11.4 Å². The molecule has 0 fully saturated rings. The Hall–Kier alpha value is -1.58. The standard InChI is InChI=1S/C11H14N2O2/c1-7-12-9(6-14-7)8-5-10(15-13-8)11(2,3)4/h5-6H,1-4H3. The largest absolute Gasteiger partial charge is 0.449 e. The van der Waals surface area contributed by atoms with Crippen molar-refractivity contribution < 1.29 is 8.94 Å². The number of hydrogen-bond donors (Lipinski definition) is 0. The molecule has 80 valence electrons. The van der Waals surface area contributed by atoms with Crippen LogP contribution < -0.4 is 0 Å². The first-order valence-electron chi connectivity index (χ1n) is 4.86. The first-order valence-corrected chi connectivity index (χ1v) is 4.86. The van der Waals surface area contributed by atoms with E-state index in [1.807, 2.05) is 6.07 Å². The third-order valence-corrected chi connectivity index (χ3v) is 2.13. The van der Waals surface area contributed by atoms with E-state index in [4.69, 9.17) is 8.94 Å². The van der Waals surface area contributed by atoms with Crippen LogP contribution in [0.2, 0.25) is 0 Å². The van der Waals surface area contributed by atoms with Crippen LogP contribution in [0.5, 0.6) is 0 Å². The Morgan fingerprint density at radius 1 is 1.20 bits per heavy atom. The summed E-state index contributed by atoms with van der Waals surface area (Å²) >= 11 is 0. The zero-order valence-electron chi connectivity index (χ0n) is 9.37. The molecule has 2 aromatic heterocycles. The summed E-state index contributed by atoms with van der Waals surface area (Å²) in [4.78, 5) is 4.19. The fourth-order valence-electron chi connectivity index (χ4n) is 1.23. The van der Waals surface area contributed by atoms with E-state index >= 15 is 0 Å². The van der Waals surface area contributed by atoms with Gasteiger partial charge >= 0.3 is 0 Å². The van der Waals surface area contributed by atoms with Gasteiger partial charge in [0, 0.05) is 18.4 Å². The molecule has 0 amide bonds. The monoisotopic (exact) mass is 206 g/mol. The summed E-state index contributed by atoms with van der Waals surface area (Å²) in [6.07, 6.45) is 1.58. The normalized spacial score (nSPS) is 12.0. The summed E-state index contributed by atoms with van der Waals surface area (Å²) < 4.78 is 10.4. The van der Waals surface area contributed by atoms with Crippen molar-refractivity contribution in [3.63, 3.8) is 0 Å². The number of oxazole rings is 1. The fraction of sp³-hybridized carbons (Fsp3) is 0.455. The van der Waals surface area contributed by atoms with E-state index in [-0.39, 0.29) is 5.41 Å². The maximum Gasteiger partial charge on any atom is 0.191 e. The molecule has 0 atom stereocenters. The number of aromatic nitrogens is 2. The van der Waals surface area contributed by atoms with Gasteiger partial charge in [0.1, 0.15) is 23.4 Å². The van der Waals surface area contributed by atoms with Crippen molar-refractivity contribution in [3.05, 3.63) is 24.0 Å². The summed E-state index contributed by atoms with van der Waals surface area (Å²) in [5.41, 5.74) is 1.40. The topological polar surface area (TPSA) is 52.1 Å². The highest BCUT2D eigenvalue weighted by molar-refractivity contribution is 5.52. The van der Waals surface area contributed by atoms with Crippen LogP contribution in [0.15, 0.2) is 21.3 Å². The minimum Gasteiger partial charge on any atom is -0.449 e. The maximum atomic E-state index is 5.26. The van der Waals surface area contributed by atoms with Gasteiger partial charge in [-0.25, -0.2) is 4.98 Å². The van der Waals surface area contributed by atoms with E-state index in [2.05, 4.69) is 30.9 Å². The quantitative estimate of drug-likeness (QED) is 0.719. The molecule has 0 aromatic carbocycles. The Morgan fingerprint density at radius 3 is 2.40 bits per heavy atom. The van der Waals surface area contributed by atoms with Gasteiger partial charge < -0.3 is 8.94 Å². The molecule has 4 nitrogen and oxygen atoms in total. The lowest BCUT2D eigenvalue weighted by Gasteiger charge is -2.11. The van der Waals surface area contributed by atoms with Gasteiger partial charge in [-0.1, -0.05) is 25.9 Å². The van der Waals surface area contributed by atoms with Gasteiger partial charge in [-0.05, 0) is 0 Å². The van der Waals surface area contributed by atoms with Crippen molar-refractivity contribution in [2.45, 2.75) is 33.1 Å². The second kappa shape index (κ2) is 3.22. The van der Waals surface area contributed by atoms with Crippen LogP contribution in [-0.4, -0.2) is 10.1 Å². The smallest absolute Gasteiger partial charge is 0.191 e. The summed E-state index contributed by atoms with van der Waals surface area (Å²) in [5.74, 6) is 1.48. The molecule has 0 saturated carbocycles. The maximum absolute atomic E-state index is 5.26. The molecule has 0 unspecified atom stereocenters. The highest BCUT2D eigenvalue weighted by Crippen LogP contribution is 2.26. The van der Waals surface area contributed by atoms with Crippen molar-refractivity contribution >= 4 is 0 Å². The van der Waals surface area contributed by atoms with Gasteiger partial charge in [-0.2, -0.15) is 0 Å². The predicted molar refractivity (Wildman–Crippen MR) is 55.4 cm³/mol. The Morgan fingerprint density at radius 2 is 1.93 bits per heavy atom. The molecule has 2 heterocycles. The molecule has 0 bridgehead atoms. The molecular weight excluding hydrogens is 192 g/mol. The SMILES string of the molecule is Cc1nc(-c2cc(C(C)(C)C)on2)co1. The van der Waals surface area contributed by atoms with E-state index in [0.29, 0.717) is 11.6 Å². The second-order valence-corrected chi connectivity index (χ2v) is 4.58. The Labute approximate surface area is 88.3 Å². The molecule has 15 heavy (non-hydrogen) atoms. The zero-order valence-corrected chi connectivity index (χ0v) is 9.37. The van der Waals surface area contributed by atoms with Gasteiger partial charge in [0.25, 0.3) is 0 Å². The molecule has 0 radical (unpaired) electrons. The van der Waals surface area contributed by atoms with Crippen LogP contribution in [0.4, 0.5) is 0 Å². The van der Waals surface area contributed by atoms with E-state index in [1.165, 1.54) is 0 Å². The lowest BCUT2D eigenvalue weighted by atomic mass is 9.93. The summed E-state index contributed by atoms with van der Waals surface area (Å²) in [7, 11) is 0. The van der Waals surface area contributed by atoms with Crippen LogP contribution in [-0.2, 0) is 5.41 Å². The predicted octanol–water partition coefficient (Wildman–Crippen LogP) is 2.94. The lowest BCUT2D eigenvalue weighted by molar-refractivity contribution is 0.330. The van der Waals surface area contributed by atoms with Gasteiger partial charge in [0.05, 0.1) is 0 Å². The molecule has 0 aliphatic carbocycles. The molecule has 0 saturated heterocycles. The average molecular weight is 206 g/mol. The lowest BCUT2D eigenvalue weighted by Crippen LogP contribution is -2.09. The minimum atomic E-state index is -0.0377. The van der Waals surface area contributed by atoms with Crippen molar-refractivity contribution in [2.75, 3.05) is 0 Å². The van der Waals surface area contributed by atoms with Gasteiger partial charge in [0.15, 0.2) is 5.89 Å². The number of nitrogens with zero attached hydrogens (tertiary/aromatic N) is 2. The third-order valence-electron chi connectivity index (χ3n) is 2.13. The van der Waals surface area contributed by atoms with Crippen molar-refractivity contribution in [1.29, 1.82) is 0 Å². The molecule has 2 rings (SSSR count). The molecule has 2 aromatic rings. The van der Waals surface area contributed by atoms with E-state index < -0.39 is 0 Å². The van der Waals surface area contributed by atoms with Crippen LogP contribution in [0.1, 0.15) is 32.4 Å². The van der Waals surface area contributed by atoms with Gasteiger partial charge in [0.2, 0.25) is 0 Å². The third kappa shape index (κ3) is 1.93. The number of rotatable bonds is 1. The Bertz CT molecular complexity index is 463. The summed E-state index contributed by atoms with van der Waals surface area (Å²) in [6.45, 7) is 8.02. The van der Waals surface area contributed by atoms with Gasteiger partial charge in [-0.3, -0.25) is 0 Å². The van der Waals surface area contributed by atoms with Crippen LogP contribution in [0.3, 0.4) is 0 Å². The van der Waals surface area contributed by atoms with Crippen molar-refractivity contribution in [2.24, 2.45) is 0 Å². The fourth-order valence-corrected chi connectivity index (χ4v) is 1.23. The molecule has 0 aliphatic heterocycles. The molecule has 4 heteroatoms.